The molecule has 1 saturated heterocycles. The molecule has 3 atom stereocenters. The van der Waals surface area contributed by atoms with Crippen molar-refractivity contribution >= 4 is 17.8 Å². The Morgan fingerprint density at radius 1 is 1.12 bits per heavy atom. The lowest BCUT2D eigenvalue weighted by atomic mass is 10.0. The average Bonchev–Trinajstić information content (AvgIpc) is 3.41. The molecule has 1 aliphatic heterocycles. The van der Waals surface area contributed by atoms with Crippen molar-refractivity contribution in [3.63, 3.8) is 0 Å². The molecule has 1 unspecified atom stereocenters. The first kappa shape index (κ1) is 19.9. The quantitative estimate of drug-likeness (QED) is 0.505. The van der Waals surface area contributed by atoms with Gasteiger partial charge in [0.25, 0.3) is 0 Å². The Morgan fingerprint density at radius 2 is 1.81 bits per heavy atom. The van der Waals surface area contributed by atoms with Crippen LogP contribution in [0.3, 0.4) is 0 Å². The summed E-state index contributed by atoms with van der Waals surface area (Å²) in [5.74, 6) is -1.15. The summed E-state index contributed by atoms with van der Waals surface area (Å²) in [7, 11) is 0. The van der Waals surface area contributed by atoms with Gasteiger partial charge in [-0.1, -0.05) is 44.2 Å². The third-order valence-corrected chi connectivity index (χ3v) is 3.94. The molecule has 0 radical (unpaired) electrons. The van der Waals surface area contributed by atoms with E-state index in [1.165, 1.54) is 0 Å². The second kappa shape index (κ2) is 9.33. The summed E-state index contributed by atoms with van der Waals surface area (Å²) in [5, 5.41) is 5.46. The van der Waals surface area contributed by atoms with E-state index in [0.717, 1.165) is 5.56 Å². The monoisotopic (exact) mass is 362 g/mol. The molecule has 2 N–H and O–H groups in total. The summed E-state index contributed by atoms with van der Waals surface area (Å²) in [5.41, 5.74) is 0.877. The lowest BCUT2D eigenvalue weighted by Crippen LogP contribution is -2.45. The van der Waals surface area contributed by atoms with Gasteiger partial charge in [-0.05, 0) is 24.8 Å². The first-order chi connectivity index (χ1) is 12.4. The number of esters is 2. The van der Waals surface area contributed by atoms with Gasteiger partial charge in [0.1, 0.15) is 24.7 Å². The average molecular weight is 362 g/mol. The molecule has 7 heteroatoms. The van der Waals surface area contributed by atoms with Crippen molar-refractivity contribution in [2.45, 2.75) is 51.9 Å². The third-order valence-electron chi connectivity index (χ3n) is 3.94. The van der Waals surface area contributed by atoms with Gasteiger partial charge >= 0.3 is 11.9 Å². The predicted molar refractivity (Wildman–Crippen MR) is 95.0 cm³/mol. The Hall–Kier alpha value is -2.41. The van der Waals surface area contributed by atoms with Crippen molar-refractivity contribution in [2.24, 2.45) is 5.92 Å². The molecular weight excluding hydrogens is 336 g/mol. The molecule has 26 heavy (non-hydrogen) atoms. The SMILES string of the molecule is CCOC(=O)[C@@H]1N[C@H]1C(=O)NC(CC(C)C)C(=O)OCc1ccccc1. The van der Waals surface area contributed by atoms with Crippen LogP contribution in [0, 0.1) is 5.92 Å². The van der Waals surface area contributed by atoms with Crippen molar-refractivity contribution in [3.05, 3.63) is 35.9 Å². The Morgan fingerprint density at radius 3 is 2.42 bits per heavy atom. The lowest BCUT2D eigenvalue weighted by molar-refractivity contribution is -0.149. The van der Waals surface area contributed by atoms with E-state index in [0.29, 0.717) is 6.42 Å². The Kier molecular flexibility index (Phi) is 7.15. The number of hydrogen-bond donors (Lipinski definition) is 2. The fourth-order valence-corrected chi connectivity index (χ4v) is 2.58. The Balaban J connectivity index is 1.89. The molecule has 1 amide bonds. The van der Waals surface area contributed by atoms with Gasteiger partial charge in [-0.15, -0.1) is 0 Å². The van der Waals surface area contributed by atoms with Crippen LogP contribution in [0.15, 0.2) is 30.3 Å². The Bertz CT molecular complexity index is 632. The number of benzene rings is 1. The molecule has 142 valence electrons. The zero-order valence-corrected chi connectivity index (χ0v) is 15.4. The van der Waals surface area contributed by atoms with Crippen molar-refractivity contribution in [1.82, 2.24) is 10.6 Å². The van der Waals surface area contributed by atoms with E-state index in [9.17, 15) is 14.4 Å². The molecule has 7 nitrogen and oxygen atoms in total. The van der Waals surface area contributed by atoms with E-state index in [1.54, 1.807) is 6.92 Å². The zero-order chi connectivity index (χ0) is 19.1. The van der Waals surface area contributed by atoms with Gasteiger partial charge in [-0.2, -0.15) is 0 Å². The number of rotatable bonds is 9. The predicted octanol–water partition coefficient (Wildman–Crippen LogP) is 1.16. The van der Waals surface area contributed by atoms with Crippen molar-refractivity contribution in [2.75, 3.05) is 6.61 Å². The number of nitrogens with one attached hydrogen (secondary N) is 2. The highest BCUT2D eigenvalue weighted by Crippen LogP contribution is 2.15. The van der Waals surface area contributed by atoms with Crippen LogP contribution in [0.5, 0.6) is 0 Å². The van der Waals surface area contributed by atoms with Gasteiger partial charge in [-0.3, -0.25) is 14.9 Å². The van der Waals surface area contributed by atoms with Crippen molar-refractivity contribution in [1.29, 1.82) is 0 Å². The molecule has 0 spiro atoms. The van der Waals surface area contributed by atoms with Crippen LogP contribution in [-0.2, 0) is 30.5 Å². The molecule has 0 aliphatic carbocycles. The summed E-state index contributed by atoms with van der Waals surface area (Å²) >= 11 is 0. The molecule has 0 aromatic heterocycles. The topological polar surface area (TPSA) is 104 Å². The summed E-state index contributed by atoms with van der Waals surface area (Å²) in [6.45, 7) is 6.03. The summed E-state index contributed by atoms with van der Waals surface area (Å²) in [6, 6.07) is 7.28. The van der Waals surface area contributed by atoms with Gasteiger partial charge in [0.2, 0.25) is 5.91 Å². The molecule has 1 heterocycles. The number of ether oxygens (including phenoxy) is 2. The number of hydrogen-bond acceptors (Lipinski definition) is 6. The highest BCUT2D eigenvalue weighted by Gasteiger charge is 2.49. The van der Waals surface area contributed by atoms with E-state index in [2.05, 4.69) is 10.6 Å². The maximum absolute atomic E-state index is 12.4. The highest BCUT2D eigenvalue weighted by atomic mass is 16.5. The van der Waals surface area contributed by atoms with Crippen LogP contribution in [0.4, 0.5) is 0 Å². The highest BCUT2D eigenvalue weighted by molar-refractivity contribution is 5.97. The van der Waals surface area contributed by atoms with Gasteiger partial charge in [0.05, 0.1) is 6.61 Å². The van der Waals surface area contributed by atoms with Crippen LogP contribution >= 0.6 is 0 Å². The molecule has 1 aromatic carbocycles. The Labute approximate surface area is 153 Å². The fraction of sp³-hybridized carbons (Fsp3) is 0.526. The summed E-state index contributed by atoms with van der Waals surface area (Å²) in [6.07, 6.45) is 0.455. The molecule has 2 rings (SSSR count). The molecular formula is C19H26N2O5. The van der Waals surface area contributed by atoms with E-state index < -0.39 is 36.0 Å². The lowest BCUT2D eigenvalue weighted by Gasteiger charge is -2.19. The minimum atomic E-state index is -0.753. The van der Waals surface area contributed by atoms with Crippen LogP contribution < -0.4 is 10.6 Å². The maximum Gasteiger partial charge on any atom is 0.328 e. The molecule has 0 bridgehead atoms. The fourth-order valence-electron chi connectivity index (χ4n) is 2.58. The number of carbonyl (C=O) groups is 3. The van der Waals surface area contributed by atoms with Crippen LogP contribution in [0.1, 0.15) is 32.8 Å². The second-order valence-electron chi connectivity index (χ2n) is 6.66. The first-order valence-corrected chi connectivity index (χ1v) is 8.86. The standard InChI is InChI=1S/C19H26N2O5/c1-4-25-19(24)16-15(21-16)17(22)20-14(10-12(2)3)18(23)26-11-13-8-6-5-7-9-13/h5-9,12,14-16,21H,4,10-11H2,1-3H3,(H,20,22)/t14?,15-,16-/m1/s1. The van der Waals surface area contributed by atoms with E-state index in [-0.39, 0.29) is 19.1 Å². The summed E-state index contributed by atoms with van der Waals surface area (Å²) < 4.78 is 10.2. The van der Waals surface area contributed by atoms with Gasteiger partial charge in [-0.25, -0.2) is 4.79 Å². The third kappa shape index (κ3) is 5.84. The van der Waals surface area contributed by atoms with E-state index >= 15 is 0 Å². The summed E-state index contributed by atoms with van der Waals surface area (Å²) in [4.78, 5) is 36.3. The minimum Gasteiger partial charge on any atom is -0.465 e. The van der Waals surface area contributed by atoms with Crippen LogP contribution in [0.2, 0.25) is 0 Å². The molecule has 0 saturated carbocycles. The minimum absolute atomic E-state index is 0.150. The van der Waals surface area contributed by atoms with E-state index in [1.807, 2.05) is 44.2 Å². The van der Waals surface area contributed by atoms with E-state index in [4.69, 9.17) is 9.47 Å². The first-order valence-electron chi connectivity index (χ1n) is 8.86. The van der Waals surface area contributed by atoms with Gasteiger partial charge in [0.15, 0.2) is 0 Å². The largest absolute Gasteiger partial charge is 0.465 e. The van der Waals surface area contributed by atoms with Gasteiger partial charge in [0, 0.05) is 0 Å². The molecule has 1 aliphatic rings. The molecule has 1 fully saturated rings. The molecule has 1 aromatic rings. The normalized spacial score (nSPS) is 19.5. The van der Waals surface area contributed by atoms with Crippen molar-refractivity contribution in [3.8, 4) is 0 Å². The second-order valence-corrected chi connectivity index (χ2v) is 6.66. The van der Waals surface area contributed by atoms with Crippen molar-refractivity contribution < 1.29 is 23.9 Å². The van der Waals surface area contributed by atoms with Crippen LogP contribution in [0.25, 0.3) is 0 Å². The van der Waals surface area contributed by atoms with Crippen LogP contribution in [-0.4, -0.2) is 42.6 Å². The number of amides is 1. The zero-order valence-electron chi connectivity index (χ0n) is 15.4. The van der Waals surface area contributed by atoms with Gasteiger partial charge < -0.3 is 14.8 Å². The number of carbonyl (C=O) groups excluding carboxylic acids is 3. The smallest absolute Gasteiger partial charge is 0.328 e. The maximum atomic E-state index is 12.4.